The SMILES string of the molecule is COC(=O)[C@@H](Cc1ccc([N+](=O)[O-])cc1)NC(=O)c1ccccc1. The molecule has 0 spiro atoms. The molecule has 7 nitrogen and oxygen atoms in total. The molecular weight excluding hydrogens is 312 g/mol. The Bertz CT molecular complexity index is 728. The minimum Gasteiger partial charge on any atom is -0.467 e. The number of methoxy groups -OCH3 is 1. The fourth-order valence-electron chi connectivity index (χ4n) is 2.16. The number of nitro benzene ring substituents is 1. The molecule has 0 saturated carbocycles. The number of rotatable bonds is 6. The largest absolute Gasteiger partial charge is 0.467 e. The number of amides is 1. The van der Waals surface area contributed by atoms with Crippen LogP contribution < -0.4 is 5.32 Å². The predicted octanol–water partition coefficient (Wildman–Crippen LogP) is 2.11. The van der Waals surface area contributed by atoms with E-state index in [1.807, 2.05) is 0 Å². The van der Waals surface area contributed by atoms with Crippen molar-refractivity contribution in [1.82, 2.24) is 5.32 Å². The van der Waals surface area contributed by atoms with Crippen molar-refractivity contribution in [2.24, 2.45) is 0 Å². The number of nitrogens with one attached hydrogen (secondary N) is 1. The Kier molecular flexibility index (Phi) is 5.62. The quantitative estimate of drug-likeness (QED) is 0.497. The highest BCUT2D eigenvalue weighted by Crippen LogP contribution is 2.14. The highest BCUT2D eigenvalue weighted by atomic mass is 16.6. The molecule has 24 heavy (non-hydrogen) atoms. The molecule has 2 aromatic carbocycles. The number of nitro groups is 1. The molecule has 1 amide bonds. The molecule has 0 saturated heterocycles. The lowest BCUT2D eigenvalue weighted by molar-refractivity contribution is -0.384. The maximum absolute atomic E-state index is 12.2. The van der Waals surface area contributed by atoms with Crippen molar-refractivity contribution in [2.45, 2.75) is 12.5 Å². The van der Waals surface area contributed by atoms with Gasteiger partial charge in [0.15, 0.2) is 0 Å². The summed E-state index contributed by atoms with van der Waals surface area (Å²) >= 11 is 0. The topological polar surface area (TPSA) is 98.5 Å². The van der Waals surface area contributed by atoms with Gasteiger partial charge in [-0.15, -0.1) is 0 Å². The van der Waals surface area contributed by atoms with Crippen molar-refractivity contribution in [3.8, 4) is 0 Å². The van der Waals surface area contributed by atoms with Gasteiger partial charge in [-0.1, -0.05) is 30.3 Å². The highest BCUT2D eigenvalue weighted by molar-refractivity contribution is 5.96. The Morgan fingerprint density at radius 3 is 2.29 bits per heavy atom. The van der Waals surface area contributed by atoms with Crippen LogP contribution in [0.2, 0.25) is 0 Å². The van der Waals surface area contributed by atoms with Gasteiger partial charge in [0.2, 0.25) is 0 Å². The van der Waals surface area contributed by atoms with Gasteiger partial charge in [-0.2, -0.15) is 0 Å². The van der Waals surface area contributed by atoms with E-state index in [1.54, 1.807) is 42.5 Å². The standard InChI is InChI=1S/C17H16N2O5/c1-24-17(21)15(18-16(20)13-5-3-2-4-6-13)11-12-7-9-14(10-8-12)19(22)23/h2-10,15H,11H2,1H3,(H,18,20)/t15-/m1/s1. The Morgan fingerprint density at radius 1 is 1.12 bits per heavy atom. The van der Waals surface area contributed by atoms with Gasteiger partial charge in [0.05, 0.1) is 12.0 Å². The second-order valence-electron chi connectivity index (χ2n) is 5.04. The normalized spacial score (nSPS) is 11.4. The number of ether oxygens (including phenoxy) is 1. The number of carbonyl (C=O) groups is 2. The van der Waals surface area contributed by atoms with E-state index < -0.39 is 22.8 Å². The predicted molar refractivity (Wildman–Crippen MR) is 86.5 cm³/mol. The molecule has 0 bridgehead atoms. The summed E-state index contributed by atoms with van der Waals surface area (Å²) in [5.74, 6) is -0.981. The van der Waals surface area contributed by atoms with Gasteiger partial charge in [0.1, 0.15) is 6.04 Å². The fraction of sp³-hybridized carbons (Fsp3) is 0.176. The zero-order valence-corrected chi connectivity index (χ0v) is 13.0. The monoisotopic (exact) mass is 328 g/mol. The van der Waals surface area contributed by atoms with Crippen LogP contribution in [0.4, 0.5) is 5.69 Å². The summed E-state index contributed by atoms with van der Waals surface area (Å²) in [4.78, 5) is 34.3. The van der Waals surface area contributed by atoms with Crippen molar-refractivity contribution < 1.29 is 19.2 Å². The van der Waals surface area contributed by atoms with E-state index in [9.17, 15) is 19.7 Å². The summed E-state index contributed by atoms with van der Waals surface area (Å²) in [5.41, 5.74) is 1.06. The molecule has 0 radical (unpaired) electrons. The van der Waals surface area contributed by atoms with Crippen LogP contribution in [0.15, 0.2) is 54.6 Å². The molecule has 0 aliphatic carbocycles. The van der Waals surface area contributed by atoms with Crippen LogP contribution in [-0.4, -0.2) is 30.0 Å². The van der Waals surface area contributed by atoms with Crippen molar-refractivity contribution in [3.05, 3.63) is 75.8 Å². The van der Waals surface area contributed by atoms with Gasteiger partial charge >= 0.3 is 5.97 Å². The molecule has 0 aliphatic rings. The highest BCUT2D eigenvalue weighted by Gasteiger charge is 2.22. The van der Waals surface area contributed by atoms with E-state index >= 15 is 0 Å². The second kappa shape index (κ2) is 7.87. The van der Waals surface area contributed by atoms with Gasteiger partial charge in [0.25, 0.3) is 11.6 Å². The minimum atomic E-state index is -0.885. The van der Waals surface area contributed by atoms with Crippen LogP contribution in [0.3, 0.4) is 0 Å². The Hall–Kier alpha value is -3.22. The maximum atomic E-state index is 12.2. The van der Waals surface area contributed by atoms with Crippen molar-refractivity contribution in [2.75, 3.05) is 7.11 Å². The van der Waals surface area contributed by atoms with E-state index in [2.05, 4.69) is 5.32 Å². The summed E-state index contributed by atoms with van der Waals surface area (Å²) in [5, 5.41) is 13.3. The second-order valence-corrected chi connectivity index (χ2v) is 5.04. The minimum absolute atomic E-state index is 0.0401. The Labute approximate surface area is 138 Å². The summed E-state index contributed by atoms with van der Waals surface area (Å²) in [6.07, 6.45) is 0.170. The number of hydrogen-bond acceptors (Lipinski definition) is 5. The molecule has 2 rings (SSSR count). The summed E-state index contributed by atoms with van der Waals surface area (Å²) in [6, 6.07) is 13.4. The van der Waals surface area contributed by atoms with Crippen molar-refractivity contribution >= 4 is 17.6 Å². The number of carbonyl (C=O) groups excluding carboxylic acids is 2. The number of hydrogen-bond donors (Lipinski definition) is 1. The fourth-order valence-corrected chi connectivity index (χ4v) is 2.16. The molecule has 124 valence electrons. The van der Waals surface area contributed by atoms with Crippen LogP contribution in [0.5, 0.6) is 0 Å². The van der Waals surface area contributed by atoms with E-state index in [0.717, 1.165) is 0 Å². The lowest BCUT2D eigenvalue weighted by Gasteiger charge is -2.16. The third-order valence-electron chi connectivity index (χ3n) is 3.41. The molecule has 0 unspecified atom stereocenters. The molecule has 1 atom stereocenters. The van der Waals surface area contributed by atoms with Crippen LogP contribution in [0, 0.1) is 10.1 Å². The molecule has 7 heteroatoms. The van der Waals surface area contributed by atoms with E-state index in [0.29, 0.717) is 11.1 Å². The zero-order valence-electron chi connectivity index (χ0n) is 13.0. The van der Waals surface area contributed by atoms with Crippen LogP contribution >= 0.6 is 0 Å². The number of benzene rings is 2. The molecule has 1 N–H and O–H groups in total. The number of nitrogens with zero attached hydrogens (tertiary/aromatic N) is 1. The summed E-state index contributed by atoms with van der Waals surface area (Å²) < 4.78 is 4.72. The zero-order chi connectivity index (χ0) is 17.5. The smallest absolute Gasteiger partial charge is 0.328 e. The summed E-state index contributed by atoms with van der Waals surface area (Å²) in [6.45, 7) is 0. The van der Waals surface area contributed by atoms with E-state index in [1.165, 1.54) is 19.2 Å². The first kappa shape index (κ1) is 17.1. The molecular formula is C17H16N2O5. The maximum Gasteiger partial charge on any atom is 0.328 e. The van der Waals surface area contributed by atoms with Gasteiger partial charge in [0, 0.05) is 24.1 Å². The van der Waals surface area contributed by atoms with Gasteiger partial charge in [-0.3, -0.25) is 14.9 Å². The van der Waals surface area contributed by atoms with Gasteiger partial charge < -0.3 is 10.1 Å². The van der Waals surface area contributed by atoms with Crippen LogP contribution in [0.1, 0.15) is 15.9 Å². The van der Waals surface area contributed by atoms with Crippen molar-refractivity contribution in [3.63, 3.8) is 0 Å². The van der Waals surface area contributed by atoms with Crippen LogP contribution in [0.25, 0.3) is 0 Å². The first-order chi connectivity index (χ1) is 11.5. The Morgan fingerprint density at radius 2 is 1.75 bits per heavy atom. The summed E-state index contributed by atoms with van der Waals surface area (Å²) in [7, 11) is 1.24. The van der Waals surface area contributed by atoms with Gasteiger partial charge in [-0.05, 0) is 17.7 Å². The van der Waals surface area contributed by atoms with Crippen molar-refractivity contribution in [1.29, 1.82) is 0 Å². The third kappa shape index (κ3) is 4.39. The molecule has 2 aromatic rings. The van der Waals surface area contributed by atoms with Gasteiger partial charge in [-0.25, -0.2) is 4.79 Å². The Balaban J connectivity index is 2.12. The number of esters is 1. The third-order valence-corrected chi connectivity index (χ3v) is 3.41. The molecule has 0 aliphatic heterocycles. The molecule has 0 aromatic heterocycles. The first-order valence-corrected chi connectivity index (χ1v) is 7.18. The first-order valence-electron chi connectivity index (χ1n) is 7.18. The lowest BCUT2D eigenvalue weighted by atomic mass is 10.0. The lowest BCUT2D eigenvalue weighted by Crippen LogP contribution is -2.43. The molecule has 0 fully saturated rings. The van der Waals surface area contributed by atoms with E-state index in [-0.39, 0.29) is 12.1 Å². The average molecular weight is 328 g/mol. The van der Waals surface area contributed by atoms with E-state index in [4.69, 9.17) is 4.74 Å². The number of non-ortho nitro benzene ring substituents is 1. The van der Waals surface area contributed by atoms with Crippen LogP contribution in [-0.2, 0) is 16.0 Å². The average Bonchev–Trinajstić information content (AvgIpc) is 2.61. The molecule has 0 heterocycles.